The van der Waals surface area contributed by atoms with Crippen molar-refractivity contribution in [3.8, 4) is 11.5 Å². The van der Waals surface area contributed by atoms with Gasteiger partial charge >= 0.3 is 0 Å². The summed E-state index contributed by atoms with van der Waals surface area (Å²) in [6.45, 7) is 4.01. The molecule has 1 unspecified atom stereocenters. The highest BCUT2D eigenvalue weighted by atomic mass is 16.6. The Morgan fingerprint density at radius 3 is 1.93 bits per heavy atom. The Labute approximate surface area is 83.4 Å². The normalized spacial score (nSPS) is 11.4. The first-order valence-corrected chi connectivity index (χ1v) is 4.34. The van der Waals surface area contributed by atoms with Crippen LogP contribution in [0.25, 0.3) is 0 Å². The van der Waals surface area contributed by atoms with E-state index in [0.29, 0.717) is 6.61 Å². The van der Waals surface area contributed by atoms with Crippen LogP contribution < -0.4 is 0 Å². The average Bonchev–Trinajstić information content (AvgIpc) is 2.03. The number of phenols is 2. The second-order valence-corrected chi connectivity index (χ2v) is 2.57. The molecule has 0 saturated heterocycles. The molecule has 1 atom stereocenters. The third-order valence-electron chi connectivity index (χ3n) is 1.24. The monoisotopic (exact) mass is 200 g/mol. The lowest BCUT2D eigenvalue weighted by Gasteiger charge is -1.99. The lowest BCUT2D eigenvalue weighted by Crippen LogP contribution is -2.04. The Bertz CT molecular complexity index is 230. The van der Waals surface area contributed by atoms with Gasteiger partial charge in [-0.1, -0.05) is 6.07 Å². The van der Waals surface area contributed by atoms with Crippen LogP contribution in [0.5, 0.6) is 11.5 Å². The van der Waals surface area contributed by atoms with Crippen molar-refractivity contribution in [1.29, 1.82) is 0 Å². The van der Waals surface area contributed by atoms with Crippen molar-refractivity contribution >= 4 is 0 Å². The number of phenolic OH excluding ortho intramolecular Hbond substituents is 2. The van der Waals surface area contributed by atoms with E-state index in [0.717, 1.165) is 0 Å². The molecule has 0 radical (unpaired) electrons. The Hall–Kier alpha value is -1.26. The summed E-state index contributed by atoms with van der Waals surface area (Å²) in [4.78, 5) is 0. The molecule has 4 heteroatoms. The summed E-state index contributed by atoms with van der Waals surface area (Å²) in [6, 6.07) is 5.85. The first kappa shape index (κ1) is 12.7. The molecule has 1 rings (SSSR count). The highest BCUT2D eigenvalue weighted by Crippen LogP contribution is 2.14. The van der Waals surface area contributed by atoms with Crippen molar-refractivity contribution in [2.75, 3.05) is 6.61 Å². The quantitative estimate of drug-likeness (QED) is 0.632. The molecule has 0 spiro atoms. The van der Waals surface area contributed by atoms with Crippen molar-refractivity contribution in [3.05, 3.63) is 24.3 Å². The van der Waals surface area contributed by atoms with Crippen LogP contribution in [0.2, 0.25) is 0 Å². The van der Waals surface area contributed by atoms with Crippen LogP contribution in [0.4, 0.5) is 0 Å². The minimum Gasteiger partial charge on any atom is -0.508 e. The highest BCUT2D eigenvalue weighted by molar-refractivity contribution is 5.30. The highest BCUT2D eigenvalue weighted by Gasteiger charge is 1.86. The standard InChI is InChI=1S/C6H6O2.C4H10O2/c7-5-2-1-3-6(8)4-5;1-3-6-4(2)5/h1-4,7-8H;4-5H,3H2,1-2H3. The van der Waals surface area contributed by atoms with Gasteiger partial charge in [-0.15, -0.1) is 0 Å². The lowest BCUT2D eigenvalue weighted by molar-refractivity contribution is -0.0800. The van der Waals surface area contributed by atoms with E-state index in [4.69, 9.17) is 15.3 Å². The van der Waals surface area contributed by atoms with Crippen LogP contribution >= 0.6 is 0 Å². The number of benzene rings is 1. The molecule has 1 aromatic rings. The number of aliphatic hydroxyl groups excluding tert-OH is 1. The number of hydrogen-bond acceptors (Lipinski definition) is 4. The predicted molar refractivity (Wildman–Crippen MR) is 53.1 cm³/mol. The molecule has 0 saturated carbocycles. The van der Waals surface area contributed by atoms with Crippen molar-refractivity contribution in [1.82, 2.24) is 0 Å². The van der Waals surface area contributed by atoms with Crippen LogP contribution in [0.3, 0.4) is 0 Å². The van der Waals surface area contributed by atoms with E-state index in [1.807, 2.05) is 6.92 Å². The van der Waals surface area contributed by atoms with Crippen LogP contribution in [0.1, 0.15) is 13.8 Å². The van der Waals surface area contributed by atoms with E-state index < -0.39 is 6.29 Å². The fraction of sp³-hybridized carbons (Fsp3) is 0.400. The summed E-state index contributed by atoms with van der Waals surface area (Å²) in [5.74, 6) is 0.176. The Morgan fingerprint density at radius 2 is 1.79 bits per heavy atom. The smallest absolute Gasteiger partial charge is 0.151 e. The fourth-order valence-electron chi connectivity index (χ4n) is 0.734. The van der Waals surface area contributed by atoms with Crippen LogP contribution in [-0.4, -0.2) is 28.2 Å². The first-order valence-electron chi connectivity index (χ1n) is 4.34. The Balaban J connectivity index is 0.000000255. The summed E-state index contributed by atoms with van der Waals surface area (Å²) in [6.07, 6.45) is -0.602. The van der Waals surface area contributed by atoms with Crippen molar-refractivity contribution in [2.24, 2.45) is 0 Å². The molecular weight excluding hydrogens is 184 g/mol. The van der Waals surface area contributed by atoms with Crippen LogP contribution in [0.15, 0.2) is 24.3 Å². The first-order chi connectivity index (χ1) is 6.56. The maximum atomic E-state index is 8.65. The van der Waals surface area contributed by atoms with E-state index in [1.165, 1.54) is 18.2 Å². The van der Waals surface area contributed by atoms with Gasteiger partial charge in [0.25, 0.3) is 0 Å². The van der Waals surface area contributed by atoms with Crippen molar-refractivity contribution in [3.63, 3.8) is 0 Å². The van der Waals surface area contributed by atoms with Gasteiger partial charge in [0.05, 0.1) is 0 Å². The molecule has 3 N–H and O–H groups in total. The molecule has 4 nitrogen and oxygen atoms in total. The van der Waals surface area contributed by atoms with Gasteiger partial charge in [0, 0.05) is 12.7 Å². The van der Waals surface area contributed by atoms with Gasteiger partial charge in [0.1, 0.15) is 11.5 Å². The van der Waals surface area contributed by atoms with Crippen LogP contribution in [0, 0.1) is 0 Å². The summed E-state index contributed by atoms with van der Waals surface area (Å²) in [5, 5.41) is 25.6. The largest absolute Gasteiger partial charge is 0.508 e. The van der Waals surface area contributed by atoms with E-state index >= 15 is 0 Å². The van der Waals surface area contributed by atoms with Gasteiger partial charge in [-0.25, -0.2) is 0 Å². The second kappa shape index (κ2) is 7.17. The number of aromatic hydroxyl groups is 2. The summed E-state index contributed by atoms with van der Waals surface area (Å²) >= 11 is 0. The molecule has 0 amide bonds. The number of hydrogen-bond donors (Lipinski definition) is 3. The lowest BCUT2D eigenvalue weighted by atomic mass is 10.3. The zero-order chi connectivity index (χ0) is 11.0. The van der Waals surface area contributed by atoms with Gasteiger partial charge in [-0.2, -0.15) is 0 Å². The number of aliphatic hydroxyl groups is 1. The zero-order valence-corrected chi connectivity index (χ0v) is 8.34. The summed E-state index contributed by atoms with van der Waals surface area (Å²) in [5.41, 5.74) is 0. The molecule has 0 aliphatic carbocycles. The topological polar surface area (TPSA) is 69.9 Å². The van der Waals surface area contributed by atoms with E-state index in [2.05, 4.69) is 4.74 Å². The third kappa shape index (κ3) is 7.39. The molecule has 14 heavy (non-hydrogen) atoms. The van der Waals surface area contributed by atoms with Crippen molar-refractivity contribution < 1.29 is 20.1 Å². The fourth-order valence-corrected chi connectivity index (χ4v) is 0.734. The predicted octanol–water partition coefficient (Wildman–Crippen LogP) is 1.46. The van der Waals surface area contributed by atoms with Gasteiger partial charge in [0.2, 0.25) is 0 Å². The molecule has 0 fully saturated rings. The Morgan fingerprint density at radius 1 is 1.29 bits per heavy atom. The maximum absolute atomic E-state index is 8.65. The molecule has 1 aromatic carbocycles. The van der Waals surface area contributed by atoms with Gasteiger partial charge in [-0.05, 0) is 26.0 Å². The average molecular weight is 200 g/mol. The van der Waals surface area contributed by atoms with E-state index in [-0.39, 0.29) is 11.5 Å². The Kier molecular flexibility index (Phi) is 6.53. The molecule has 0 bridgehead atoms. The SMILES string of the molecule is CCOC(C)O.Oc1cccc(O)c1. The minimum absolute atomic E-state index is 0.0880. The number of rotatable bonds is 2. The molecular formula is C10H16O4. The van der Waals surface area contributed by atoms with E-state index in [9.17, 15) is 0 Å². The molecule has 0 aromatic heterocycles. The van der Waals surface area contributed by atoms with E-state index in [1.54, 1.807) is 13.0 Å². The zero-order valence-electron chi connectivity index (χ0n) is 8.34. The van der Waals surface area contributed by atoms with Crippen LogP contribution in [-0.2, 0) is 4.74 Å². The van der Waals surface area contributed by atoms with Crippen molar-refractivity contribution in [2.45, 2.75) is 20.1 Å². The summed E-state index contributed by atoms with van der Waals surface area (Å²) < 4.78 is 4.60. The molecule has 0 aliphatic heterocycles. The van der Waals surface area contributed by atoms with Gasteiger partial charge in [-0.3, -0.25) is 0 Å². The minimum atomic E-state index is -0.602. The van der Waals surface area contributed by atoms with Gasteiger partial charge in [0.15, 0.2) is 6.29 Å². The third-order valence-corrected chi connectivity index (χ3v) is 1.24. The maximum Gasteiger partial charge on any atom is 0.151 e. The summed E-state index contributed by atoms with van der Waals surface area (Å²) in [7, 11) is 0. The molecule has 0 heterocycles. The van der Waals surface area contributed by atoms with Gasteiger partial charge < -0.3 is 20.1 Å². The molecule has 0 aliphatic rings. The number of ether oxygens (including phenoxy) is 1. The molecule has 80 valence electrons. The second-order valence-electron chi connectivity index (χ2n) is 2.57.